The van der Waals surface area contributed by atoms with Crippen LogP contribution in [0.15, 0.2) is 77.4 Å². The van der Waals surface area contributed by atoms with Crippen LogP contribution in [0.1, 0.15) is 27.2 Å². The van der Waals surface area contributed by atoms with Gasteiger partial charge in [-0.25, -0.2) is 0 Å². The van der Waals surface area contributed by atoms with Crippen LogP contribution < -0.4 is 5.32 Å². The van der Waals surface area contributed by atoms with Crippen LogP contribution in [-0.4, -0.2) is 30.3 Å². The van der Waals surface area contributed by atoms with Gasteiger partial charge in [0.1, 0.15) is 5.76 Å². The molecule has 28 heavy (non-hydrogen) atoms. The number of aryl methyl sites for hydroxylation is 2. The molecular formula is C23H24N2O3. The third-order valence-electron chi connectivity index (χ3n) is 4.54. The predicted molar refractivity (Wildman–Crippen MR) is 108 cm³/mol. The van der Waals surface area contributed by atoms with Crippen molar-refractivity contribution in [2.75, 3.05) is 13.6 Å². The number of likely N-dealkylation sites (N-methyl/N-ethyl adjacent to an activating group) is 1. The zero-order valence-electron chi connectivity index (χ0n) is 15.9. The Morgan fingerprint density at radius 3 is 2.43 bits per heavy atom. The van der Waals surface area contributed by atoms with E-state index in [-0.39, 0.29) is 18.4 Å². The van der Waals surface area contributed by atoms with Crippen molar-refractivity contribution >= 4 is 11.8 Å². The summed E-state index contributed by atoms with van der Waals surface area (Å²) in [7, 11) is 1.64. The smallest absolute Gasteiger partial charge is 0.254 e. The SMILES string of the molecule is CN(CC(=O)NCc1ccco1)C(=O)c1ccccc1CCc1ccccc1. The molecule has 1 aromatic heterocycles. The fourth-order valence-electron chi connectivity index (χ4n) is 3.02. The molecule has 1 heterocycles. The maximum Gasteiger partial charge on any atom is 0.254 e. The lowest BCUT2D eigenvalue weighted by Gasteiger charge is -2.18. The first-order valence-electron chi connectivity index (χ1n) is 9.30. The molecule has 3 rings (SSSR count). The number of carbonyl (C=O) groups is 2. The van der Waals surface area contributed by atoms with Crippen molar-refractivity contribution < 1.29 is 14.0 Å². The normalized spacial score (nSPS) is 10.5. The van der Waals surface area contributed by atoms with Gasteiger partial charge in [0.25, 0.3) is 5.91 Å². The van der Waals surface area contributed by atoms with Gasteiger partial charge in [-0.1, -0.05) is 48.5 Å². The van der Waals surface area contributed by atoms with Gasteiger partial charge in [-0.2, -0.15) is 0 Å². The van der Waals surface area contributed by atoms with Gasteiger partial charge in [-0.05, 0) is 42.2 Å². The van der Waals surface area contributed by atoms with Crippen LogP contribution in [0, 0.1) is 0 Å². The van der Waals surface area contributed by atoms with Crippen molar-refractivity contribution in [2.45, 2.75) is 19.4 Å². The van der Waals surface area contributed by atoms with E-state index in [1.54, 1.807) is 25.4 Å². The molecule has 0 atom stereocenters. The summed E-state index contributed by atoms with van der Waals surface area (Å²) in [5.41, 5.74) is 2.86. The number of benzene rings is 2. The summed E-state index contributed by atoms with van der Waals surface area (Å²) in [6, 6.07) is 21.3. The lowest BCUT2D eigenvalue weighted by molar-refractivity contribution is -0.121. The van der Waals surface area contributed by atoms with Crippen LogP contribution in [0.25, 0.3) is 0 Å². The highest BCUT2D eigenvalue weighted by Crippen LogP contribution is 2.14. The first kappa shape index (κ1) is 19.4. The highest BCUT2D eigenvalue weighted by atomic mass is 16.3. The van der Waals surface area contributed by atoms with Crippen LogP contribution in [0.5, 0.6) is 0 Å². The van der Waals surface area contributed by atoms with Gasteiger partial charge < -0.3 is 14.6 Å². The highest BCUT2D eigenvalue weighted by molar-refractivity contribution is 5.97. The fraction of sp³-hybridized carbons (Fsp3) is 0.217. The lowest BCUT2D eigenvalue weighted by atomic mass is 9.99. The molecule has 0 spiro atoms. The second-order valence-corrected chi connectivity index (χ2v) is 6.66. The zero-order chi connectivity index (χ0) is 19.8. The molecule has 5 heteroatoms. The van der Waals surface area contributed by atoms with Crippen molar-refractivity contribution in [2.24, 2.45) is 0 Å². The van der Waals surface area contributed by atoms with E-state index < -0.39 is 0 Å². The number of nitrogens with zero attached hydrogens (tertiary/aromatic N) is 1. The Morgan fingerprint density at radius 1 is 0.929 bits per heavy atom. The molecule has 0 aliphatic heterocycles. The first-order chi connectivity index (χ1) is 13.6. The summed E-state index contributed by atoms with van der Waals surface area (Å²) in [5.74, 6) is 0.291. The summed E-state index contributed by atoms with van der Waals surface area (Å²) >= 11 is 0. The predicted octanol–water partition coefficient (Wildman–Crippen LogP) is 3.45. The minimum atomic E-state index is -0.228. The number of hydrogen-bond donors (Lipinski definition) is 1. The van der Waals surface area contributed by atoms with E-state index in [4.69, 9.17) is 4.42 Å². The van der Waals surface area contributed by atoms with Gasteiger partial charge in [0.15, 0.2) is 0 Å². The topological polar surface area (TPSA) is 62.6 Å². The average molecular weight is 376 g/mol. The van der Waals surface area contributed by atoms with E-state index in [0.717, 1.165) is 18.4 Å². The molecule has 0 radical (unpaired) electrons. The van der Waals surface area contributed by atoms with E-state index in [2.05, 4.69) is 17.4 Å². The van der Waals surface area contributed by atoms with Gasteiger partial charge >= 0.3 is 0 Å². The molecule has 5 nitrogen and oxygen atoms in total. The second kappa shape index (κ2) is 9.55. The van der Waals surface area contributed by atoms with Crippen molar-refractivity contribution in [3.8, 4) is 0 Å². The average Bonchev–Trinajstić information content (AvgIpc) is 3.25. The van der Waals surface area contributed by atoms with Crippen LogP contribution in [-0.2, 0) is 24.2 Å². The van der Waals surface area contributed by atoms with Gasteiger partial charge in [0, 0.05) is 12.6 Å². The van der Waals surface area contributed by atoms with E-state index >= 15 is 0 Å². The summed E-state index contributed by atoms with van der Waals surface area (Å²) in [6.07, 6.45) is 3.19. The molecule has 0 aliphatic rings. The molecule has 144 valence electrons. The van der Waals surface area contributed by atoms with E-state index in [1.165, 1.54) is 10.5 Å². The molecule has 3 aromatic rings. The van der Waals surface area contributed by atoms with Crippen molar-refractivity contribution in [3.63, 3.8) is 0 Å². The number of rotatable bonds is 8. The minimum absolute atomic E-state index is 0.00738. The van der Waals surface area contributed by atoms with Crippen LogP contribution in [0.3, 0.4) is 0 Å². The maximum absolute atomic E-state index is 12.9. The third kappa shape index (κ3) is 5.33. The molecular weight excluding hydrogens is 352 g/mol. The fourth-order valence-corrected chi connectivity index (χ4v) is 3.02. The van der Waals surface area contributed by atoms with Crippen molar-refractivity contribution in [3.05, 3.63) is 95.4 Å². The molecule has 0 saturated heterocycles. The molecule has 0 saturated carbocycles. The Bertz CT molecular complexity index is 905. The second-order valence-electron chi connectivity index (χ2n) is 6.66. The summed E-state index contributed by atoms with van der Waals surface area (Å²) in [4.78, 5) is 26.4. The van der Waals surface area contributed by atoms with Crippen LogP contribution in [0.2, 0.25) is 0 Å². The first-order valence-corrected chi connectivity index (χ1v) is 9.30. The number of carbonyl (C=O) groups excluding carboxylic acids is 2. The van der Waals surface area contributed by atoms with Crippen molar-refractivity contribution in [1.82, 2.24) is 10.2 Å². The molecule has 0 aliphatic carbocycles. The Morgan fingerprint density at radius 2 is 1.68 bits per heavy atom. The van der Waals surface area contributed by atoms with Gasteiger partial charge in [-0.15, -0.1) is 0 Å². The molecule has 0 unspecified atom stereocenters. The van der Waals surface area contributed by atoms with E-state index in [9.17, 15) is 9.59 Å². The summed E-state index contributed by atoms with van der Waals surface area (Å²) < 4.78 is 5.19. The maximum atomic E-state index is 12.9. The minimum Gasteiger partial charge on any atom is -0.467 e. The number of nitrogens with one attached hydrogen (secondary N) is 1. The van der Waals surface area contributed by atoms with Gasteiger partial charge in [-0.3, -0.25) is 9.59 Å². The molecule has 0 fully saturated rings. The molecule has 0 bridgehead atoms. The zero-order valence-corrected chi connectivity index (χ0v) is 15.9. The molecule has 2 aromatic carbocycles. The van der Waals surface area contributed by atoms with E-state index in [1.807, 2.05) is 42.5 Å². The number of hydrogen-bond acceptors (Lipinski definition) is 3. The largest absolute Gasteiger partial charge is 0.467 e. The number of furan rings is 1. The lowest BCUT2D eigenvalue weighted by Crippen LogP contribution is -2.38. The number of amides is 2. The monoisotopic (exact) mass is 376 g/mol. The third-order valence-corrected chi connectivity index (χ3v) is 4.54. The highest BCUT2D eigenvalue weighted by Gasteiger charge is 2.17. The quantitative estimate of drug-likeness (QED) is 0.655. The van der Waals surface area contributed by atoms with Crippen molar-refractivity contribution in [1.29, 1.82) is 0 Å². The van der Waals surface area contributed by atoms with Gasteiger partial charge in [0.05, 0.1) is 19.4 Å². The summed E-state index contributed by atoms with van der Waals surface area (Å²) in [6.45, 7) is 0.300. The Labute approximate surface area is 165 Å². The Balaban J connectivity index is 1.58. The van der Waals surface area contributed by atoms with Gasteiger partial charge in [0.2, 0.25) is 5.91 Å². The Hall–Kier alpha value is -3.34. The van der Waals surface area contributed by atoms with Crippen LogP contribution >= 0.6 is 0 Å². The Kier molecular flexibility index (Phi) is 6.63. The summed E-state index contributed by atoms with van der Waals surface area (Å²) in [5, 5.41) is 2.76. The molecule has 1 N–H and O–H groups in total. The van der Waals surface area contributed by atoms with E-state index in [0.29, 0.717) is 17.9 Å². The standard InChI is InChI=1S/C23H24N2O3/c1-25(17-22(26)24-16-20-11-7-15-28-20)23(27)21-12-6-5-10-19(21)14-13-18-8-3-2-4-9-18/h2-12,15H,13-14,16-17H2,1H3,(H,24,26). The molecule has 2 amide bonds. The van der Waals surface area contributed by atoms with Crippen LogP contribution in [0.4, 0.5) is 0 Å².